The molecule has 2 heteroatoms. The summed E-state index contributed by atoms with van der Waals surface area (Å²) in [6.45, 7) is 14.2. The van der Waals surface area contributed by atoms with Crippen LogP contribution in [0.5, 0.6) is 0 Å². The Bertz CT molecular complexity index is 3370. The molecule has 0 heterocycles. The van der Waals surface area contributed by atoms with Gasteiger partial charge in [-0.3, -0.25) is 0 Å². The zero-order valence-corrected chi connectivity index (χ0v) is 44.6. The zero-order valence-electron chi connectivity index (χ0n) is 44.6. The van der Waals surface area contributed by atoms with Gasteiger partial charge in [-0.25, -0.2) is 0 Å². The molecule has 0 unspecified atom stereocenters. The Morgan fingerprint density at radius 3 is 1.12 bits per heavy atom. The summed E-state index contributed by atoms with van der Waals surface area (Å²) in [6.07, 6.45) is 13.0. The minimum atomic E-state index is 0.289. The highest BCUT2D eigenvalue weighted by Crippen LogP contribution is 2.53. The molecule has 10 aromatic rings. The minimum absolute atomic E-state index is 0.289. The van der Waals surface area contributed by atoms with Crippen LogP contribution in [0.1, 0.15) is 149 Å². The van der Waals surface area contributed by atoms with Crippen molar-refractivity contribution in [1.29, 1.82) is 0 Å². The van der Waals surface area contributed by atoms with Crippen molar-refractivity contribution in [3.05, 3.63) is 215 Å². The topological polar surface area (TPSA) is 6.48 Å². The van der Waals surface area contributed by atoms with Crippen molar-refractivity contribution in [2.75, 3.05) is 9.80 Å². The van der Waals surface area contributed by atoms with Gasteiger partial charge in [0.25, 0.3) is 0 Å². The van der Waals surface area contributed by atoms with Gasteiger partial charge < -0.3 is 9.80 Å². The molecule has 0 radical (unpaired) electrons. The fourth-order valence-corrected chi connectivity index (χ4v) is 13.5. The van der Waals surface area contributed by atoms with Gasteiger partial charge in [0.1, 0.15) is 0 Å². The SMILES string of the molecule is Cc1c(-c2ccccc2)cccc1N(c1cccc(C2CCCCC2)c1)c1cc(C(C)C)c2ccc3c(N(c4cccc(C5CCCCC5)c4)c4cccc(-c5ccccc5)c4C)cc(C(C)C)c4ccc1c2c43. The van der Waals surface area contributed by atoms with E-state index in [1.807, 2.05) is 0 Å². The normalized spacial score (nSPS) is 14.8. The fraction of sp³-hybridized carbons (Fsp3) is 0.278. The molecule has 12 rings (SSSR count). The Hall–Kier alpha value is -7.16. The largest absolute Gasteiger partial charge is 0.310 e. The summed E-state index contributed by atoms with van der Waals surface area (Å²) in [5, 5.41) is 8.00. The van der Waals surface area contributed by atoms with E-state index in [2.05, 4.69) is 233 Å². The number of hydrogen-bond acceptors (Lipinski definition) is 2. The molecule has 370 valence electrons. The molecule has 74 heavy (non-hydrogen) atoms. The summed E-state index contributed by atoms with van der Waals surface area (Å²) in [7, 11) is 0. The van der Waals surface area contributed by atoms with Gasteiger partial charge in [0, 0.05) is 33.5 Å². The van der Waals surface area contributed by atoms with Crippen molar-refractivity contribution < 1.29 is 0 Å². The molecule has 0 aromatic heterocycles. The molecule has 2 nitrogen and oxygen atoms in total. The molecule has 0 aliphatic heterocycles. The van der Waals surface area contributed by atoms with Crippen LogP contribution >= 0.6 is 0 Å². The van der Waals surface area contributed by atoms with Crippen LogP contribution in [0, 0.1) is 13.8 Å². The number of nitrogens with zero attached hydrogens (tertiary/aromatic N) is 2. The monoisotopic (exact) mass is 965 g/mol. The van der Waals surface area contributed by atoms with E-state index < -0.39 is 0 Å². The predicted octanol–water partition coefficient (Wildman–Crippen LogP) is 21.8. The molecule has 0 amide bonds. The van der Waals surface area contributed by atoms with E-state index in [-0.39, 0.29) is 11.8 Å². The Morgan fingerprint density at radius 1 is 0.351 bits per heavy atom. The van der Waals surface area contributed by atoms with Crippen LogP contribution < -0.4 is 9.80 Å². The van der Waals surface area contributed by atoms with Crippen molar-refractivity contribution in [3.8, 4) is 22.3 Å². The zero-order chi connectivity index (χ0) is 50.5. The highest BCUT2D eigenvalue weighted by molar-refractivity contribution is 6.29. The molecule has 2 aliphatic carbocycles. The van der Waals surface area contributed by atoms with E-state index in [9.17, 15) is 0 Å². The number of rotatable bonds is 12. The third-order valence-corrected chi connectivity index (χ3v) is 17.3. The van der Waals surface area contributed by atoms with Crippen molar-refractivity contribution in [2.24, 2.45) is 0 Å². The molecule has 0 saturated heterocycles. The lowest BCUT2D eigenvalue weighted by Crippen LogP contribution is -2.15. The van der Waals surface area contributed by atoms with Gasteiger partial charge in [0.2, 0.25) is 0 Å². The highest BCUT2D eigenvalue weighted by Gasteiger charge is 2.29. The molecule has 2 fully saturated rings. The summed E-state index contributed by atoms with van der Waals surface area (Å²) >= 11 is 0. The van der Waals surface area contributed by atoms with E-state index in [0.717, 1.165) is 0 Å². The van der Waals surface area contributed by atoms with Gasteiger partial charge in [-0.2, -0.15) is 0 Å². The quantitative estimate of drug-likeness (QED) is 0.113. The van der Waals surface area contributed by atoms with Crippen LogP contribution in [0.25, 0.3) is 54.6 Å². The summed E-state index contributed by atoms with van der Waals surface area (Å²) < 4.78 is 0. The Morgan fingerprint density at radius 2 is 0.730 bits per heavy atom. The lowest BCUT2D eigenvalue weighted by molar-refractivity contribution is 0.443. The minimum Gasteiger partial charge on any atom is -0.310 e. The average molecular weight is 965 g/mol. The van der Waals surface area contributed by atoms with Gasteiger partial charge in [0.15, 0.2) is 0 Å². The van der Waals surface area contributed by atoms with Crippen LogP contribution in [0.4, 0.5) is 34.1 Å². The second kappa shape index (κ2) is 20.3. The van der Waals surface area contributed by atoms with Crippen molar-refractivity contribution in [2.45, 2.75) is 129 Å². The summed E-state index contributed by atoms with van der Waals surface area (Å²) in [6, 6.07) is 70.1. The van der Waals surface area contributed by atoms with Gasteiger partial charge in [-0.15, -0.1) is 0 Å². The van der Waals surface area contributed by atoms with Gasteiger partial charge in [0.05, 0.1) is 11.4 Å². The molecule has 0 spiro atoms. The van der Waals surface area contributed by atoms with E-state index in [1.165, 1.54) is 186 Å². The second-order valence-electron chi connectivity index (χ2n) is 22.5. The van der Waals surface area contributed by atoms with E-state index in [0.29, 0.717) is 11.8 Å². The standard InChI is InChI=1S/C72H72N2/c1-47(2)65-45-69(73(57-33-19-31-55(43-57)51-23-11-7-12-24-51)67-37-21-35-59(49(67)5)53-27-15-9-16-28-53)63-42-40-62-66(48(3)4)46-70(64-41-39-61(65)71(63)72(62)64)74(58-34-20-32-56(44-58)52-25-13-8-14-26-52)68-38-22-36-60(50(68)6)54-29-17-10-18-30-54/h9-10,15-22,27-48,51-52H,7-8,11-14,23-26H2,1-6H3. The third-order valence-electron chi connectivity index (χ3n) is 17.3. The van der Waals surface area contributed by atoms with E-state index >= 15 is 0 Å². The van der Waals surface area contributed by atoms with Crippen molar-refractivity contribution >= 4 is 66.4 Å². The first-order valence-electron chi connectivity index (χ1n) is 28.1. The lowest BCUT2D eigenvalue weighted by atomic mass is 9.83. The fourth-order valence-electron chi connectivity index (χ4n) is 13.5. The summed E-state index contributed by atoms with van der Waals surface area (Å²) in [5.74, 6) is 1.76. The molecule has 0 bridgehead atoms. The van der Waals surface area contributed by atoms with Gasteiger partial charge >= 0.3 is 0 Å². The maximum atomic E-state index is 2.64. The molecule has 2 saturated carbocycles. The Balaban J connectivity index is 1.16. The van der Waals surface area contributed by atoms with Crippen molar-refractivity contribution in [1.82, 2.24) is 0 Å². The van der Waals surface area contributed by atoms with Gasteiger partial charge in [-0.05, 0) is 189 Å². The first kappa shape index (κ1) is 47.8. The van der Waals surface area contributed by atoms with Gasteiger partial charge in [-0.1, -0.05) is 200 Å². The van der Waals surface area contributed by atoms with Crippen LogP contribution in [-0.4, -0.2) is 0 Å². The Labute approximate surface area is 441 Å². The number of anilines is 6. The maximum absolute atomic E-state index is 2.64. The smallest absolute Gasteiger partial charge is 0.0543 e. The molecule has 2 aliphatic rings. The third kappa shape index (κ3) is 8.64. The molecular weight excluding hydrogens is 893 g/mol. The van der Waals surface area contributed by atoms with Crippen molar-refractivity contribution in [3.63, 3.8) is 0 Å². The second-order valence-corrected chi connectivity index (χ2v) is 22.5. The number of hydrogen-bond donors (Lipinski definition) is 0. The highest BCUT2D eigenvalue weighted by atomic mass is 15.2. The molecule has 10 aromatic carbocycles. The summed E-state index contributed by atoms with van der Waals surface area (Å²) in [4.78, 5) is 5.27. The van der Waals surface area contributed by atoms with Crippen LogP contribution in [0.15, 0.2) is 182 Å². The molecule has 0 N–H and O–H groups in total. The van der Waals surface area contributed by atoms with E-state index in [4.69, 9.17) is 0 Å². The lowest BCUT2D eigenvalue weighted by Gasteiger charge is -2.33. The molecular formula is C72H72N2. The van der Waals surface area contributed by atoms with E-state index in [1.54, 1.807) is 0 Å². The Kier molecular flexibility index (Phi) is 13.1. The predicted molar refractivity (Wildman–Crippen MR) is 320 cm³/mol. The molecule has 0 atom stereocenters. The average Bonchev–Trinajstić information content (AvgIpc) is 3.46. The van der Waals surface area contributed by atoms with Crippen LogP contribution in [-0.2, 0) is 0 Å². The van der Waals surface area contributed by atoms with Crippen LogP contribution in [0.2, 0.25) is 0 Å². The van der Waals surface area contributed by atoms with Crippen LogP contribution in [0.3, 0.4) is 0 Å². The maximum Gasteiger partial charge on any atom is 0.0543 e. The first-order chi connectivity index (χ1) is 36.2. The summed E-state index contributed by atoms with van der Waals surface area (Å²) in [5.41, 5.74) is 20.7. The first-order valence-corrected chi connectivity index (χ1v) is 28.1. The number of benzene rings is 10.